The van der Waals surface area contributed by atoms with E-state index in [1.54, 1.807) is 0 Å². The van der Waals surface area contributed by atoms with Crippen LogP contribution in [0.4, 0.5) is 5.69 Å². The van der Waals surface area contributed by atoms with Gasteiger partial charge in [0.1, 0.15) is 0 Å². The second-order valence-electron chi connectivity index (χ2n) is 9.24. The summed E-state index contributed by atoms with van der Waals surface area (Å²) < 4.78 is 0. The monoisotopic (exact) mass is 446 g/mol. The van der Waals surface area contributed by atoms with E-state index in [2.05, 4.69) is 27.8 Å². The summed E-state index contributed by atoms with van der Waals surface area (Å²) in [7, 11) is 0. The number of anilines is 1. The number of carbonyl (C=O) groups is 2. The fourth-order valence-electron chi connectivity index (χ4n) is 5.67. The minimum atomic E-state index is -0.753. The molecule has 0 spiro atoms. The van der Waals surface area contributed by atoms with Crippen molar-refractivity contribution in [1.29, 1.82) is 0 Å². The standard InChI is InChI=1S/C26H30N4O3/c31-24(14-17-5-3-6-18(13-17)29-26-27-10-4-11-28-26)30-12-9-21-22(15-25(32)33)19-7-1-2-8-20(19)23(21)16-30/h1-3,5-8,13,21-23H,4,9-12,14-16H2,(H,32,33)(H2,27,28,29)/t21-,22-,23+/m1/s1. The predicted octanol–water partition coefficient (Wildman–Crippen LogP) is 3.19. The number of hydrogen-bond donors (Lipinski definition) is 3. The van der Waals surface area contributed by atoms with E-state index in [9.17, 15) is 14.7 Å². The molecule has 3 atom stereocenters. The second kappa shape index (κ2) is 9.25. The zero-order chi connectivity index (χ0) is 22.8. The third-order valence-electron chi connectivity index (χ3n) is 7.17. The van der Waals surface area contributed by atoms with Crippen LogP contribution in [-0.2, 0) is 16.0 Å². The van der Waals surface area contributed by atoms with E-state index < -0.39 is 5.97 Å². The molecule has 5 rings (SSSR count). The van der Waals surface area contributed by atoms with Crippen LogP contribution in [0.3, 0.4) is 0 Å². The third-order valence-corrected chi connectivity index (χ3v) is 7.17. The molecule has 0 bridgehead atoms. The van der Waals surface area contributed by atoms with Crippen LogP contribution in [0.25, 0.3) is 0 Å². The number of guanidine groups is 1. The molecule has 3 aliphatic rings. The lowest BCUT2D eigenvalue weighted by Crippen LogP contribution is -2.43. The largest absolute Gasteiger partial charge is 0.481 e. The van der Waals surface area contributed by atoms with Crippen molar-refractivity contribution in [2.75, 3.05) is 31.5 Å². The number of carbonyl (C=O) groups excluding carboxylic acids is 1. The molecule has 3 N–H and O–H groups in total. The lowest BCUT2D eigenvalue weighted by molar-refractivity contribution is -0.138. The molecule has 2 aliphatic heterocycles. The average Bonchev–Trinajstić information content (AvgIpc) is 3.12. The van der Waals surface area contributed by atoms with Gasteiger partial charge in [0.05, 0.1) is 12.8 Å². The van der Waals surface area contributed by atoms with Crippen LogP contribution in [0.1, 0.15) is 47.8 Å². The van der Waals surface area contributed by atoms with Gasteiger partial charge in [0, 0.05) is 37.8 Å². The van der Waals surface area contributed by atoms with Crippen LogP contribution >= 0.6 is 0 Å². The summed E-state index contributed by atoms with van der Waals surface area (Å²) in [6, 6.07) is 16.1. The highest BCUT2D eigenvalue weighted by molar-refractivity contribution is 5.94. The van der Waals surface area contributed by atoms with E-state index in [0.29, 0.717) is 25.4 Å². The van der Waals surface area contributed by atoms with Gasteiger partial charge in [-0.15, -0.1) is 0 Å². The van der Waals surface area contributed by atoms with Gasteiger partial charge in [-0.25, -0.2) is 0 Å². The van der Waals surface area contributed by atoms with Crippen LogP contribution in [0.15, 0.2) is 53.5 Å². The first-order valence-corrected chi connectivity index (χ1v) is 11.8. The lowest BCUT2D eigenvalue weighted by atomic mass is 9.80. The first kappa shape index (κ1) is 21.5. The normalized spacial score (nSPS) is 23.7. The maximum atomic E-state index is 13.2. The molecule has 33 heavy (non-hydrogen) atoms. The summed E-state index contributed by atoms with van der Waals surface area (Å²) >= 11 is 0. The number of hydrogen-bond acceptors (Lipinski definition) is 5. The van der Waals surface area contributed by atoms with Gasteiger partial charge in [-0.3, -0.25) is 14.6 Å². The highest BCUT2D eigenvalue weighted by Crippen LogP contribution is 2.51. The Bertz CT molecular complexity index is 1080. The molecule has 1 aliphatic carbocycles. The quantitative estimate of drug-likeness (QED) is 0.656. The van der Waals surface area contributed by atoms with Crippen LogP contribution in [0.2, 0.25) is 0 Å². The van der Waals surface area contributed by atoms with Crippen molar-refractivity contribution in [3.63, 3.8) is 0 Å². The number of nitrogens with one attached hydrogen (secondary N) is 2. The summed E-state index contributed by atoms with van der Waals surface area (Å²) in [5, 5.41) is 16.0. The van der Waals surface area contributed by atoms with Crippen molar-refractivity contribution >= 4 is 23.5 Å². The number of aliphatic carboxylic acids is 1. The van der Waals surface area contributed by atoms with Gasteiger partial charge in [-0.2, -0.15) is 0 Å². The fraction of sp³-hybridized carbons (Fsp3) is 0.423. The minimum Gasteiger partial charge on any atom is -0.481 e. The third kappa shape index (κ3) is 4.58. The van der Waals surface area contributed by atoms with Crippen LogP contribution < -0.4 is 10.6 Å². The second-order valence-corrected chi connectivity index (χ2v) is 9.24. The topological polar surface area (TPSA) is 94.0 Å². The number of carboxylic acid groups (broad SMARTS) is 1. The van der Waals surface area contributed by atoms with Crippen molar-refractivity contribution in [3.8, 4) is 0 Å². The molecule has 0 radical (unpaired) electrons. The van der Waals surface area contributed by atoms with Gasteiger partial charge in [0.15, 0.2) is 5.96 Å². The molecule has 7 nitrogen and oxygen atoms in total. The lowest BCUT2D eigenvalue weighted by Gasteiger charge is -2.37. The molecule has 172 valence electrons. The minimum absolute atomic E-state index is 0.0417. The fourth-order valence-corrected chi connectivity index (χ4v) is 5.67. The number of benzene rings is 2. The Morgan fingerprint density at radius 1 is 1.15 bits per heavy atom. The Morgan fingerprint density at radius 3 is 2.79 bits per heavy atom. The van der Waals surface area contributed by atoms with E-state index in [0.717, 1.165) is 48.7 Å². The maximum absolute atomic E-state index is 13.2. The van der Waals surface area contributed by atoms with Crippen molar-refractivity contribution in [1.82, 2.24) is 10.2 Å². The molecule has 1 saturated heterocycles. The SMILES string of the molecule is O=C(O)C[C@@H]1c2ccccc2[C@@H]2CN(C(=O)Cc3cccc(NC4=NCCCN4)c3)CC[C@H]12. The molecular formula is C26H30N4O3. The number of likely N-dealkylation sites (tertiary alicyclic amines) is 1. The molecule has 0 unspecified atom stereocenters. The van der Waals surface area contributed by atoms with Crippen molar-refractivity contribution in [2.24, 2.45) is 10.9 Å². The van der Waals surface area contributed by atoms with E-state index in [-0.39, 0.29) is 24.2 Å². The first-order chi connectivity index (χ1) is 16.1. The number of fused-ring (bicyclic) bond motifs is 3. The Kier molecular flexibility index (Phi) is 6.03. The Balaban J connectivity index is 1.26. The maximum Gasteiger partial charge on any atom is 0.303 e. The number of piperidine rings is 1. The molecule has 1 amide bonds. The number of rotatable bonds is 5. The van der Waals surface area contributed by atoms with Crippen molar-refractivity contribution in [3.05, 3.63) is 65.2 Å². The van der Waals surface area contributed by atoms with Crippen LogP contribution in [0, 0.1) is 5.92 Å². The van der Waals surface area contributed by atoms with Gasteiger partial charge in [0.25, 0.3) is 0 Å². The molecule has 0 aromatic heterocycles. The summed E-state index contributed by atoms with van der Waals surface area (Å²) in [5.41, 5.74) is 4.27. The van der Waals surface area contributed by atoms with Gasteiger partial charge >= 0.3 is 5.97 Å². The summed E-state index contributed by atoms with van der Waals surface area (Å²) in [6.07, 6.45) is 2.40. The summed E-state index contributed by atoms with van der Waals surface area (Å²) in [6.45, 7) is 3.08. The first-order valence-electron chi connectivity index (χ1n) is 11.8. The number of amides is 1. The van der Waals surface area contributed by atoms with Gasteiger partial charge in [-0.05, 0) is 53.5 Å². The predicted molar refractivity (Wildman–Crippen MR) is 128 cm³/mol. The van der Waals surface area contributed by atoms with Crippen molar-refractivity contribution in [2.45, 2.75) is 37.5 Å². The van der Waals surface area contributed by atoms with Crippen LogP contribution in [0.5, 0.6) is 0 Å². The molecule has 2 aromatic carbocycles. The van der Waals surface area contributed by atoms with Crippen molar-refractivity contribution < 1.29 is 14.7 Å². The Morgan fingerprint density at radius 2 is 2.00 bits per heavy atom. The molecule has 1 fully saturated rings. The molecule has 0 saturated carbocycles. The molecule has 2 aromatic rings. The Hall–Kier alpha value is -3.35. The molecular weight excluding hydrogens is 416 g/mol. The number of aliphatic imine (C=N–C) groups is 1. The summed E-state index contributed by atoms with van der Waals surface area (Å²) in [5.74, 6) is 0.697. The average molecular weight is 447 g/mol. The zero-order valence-corrected chi connectivity index (χ0v) is 18.7. The molecule has 2 heterocycles. The van der Waals surface area contributed by atoms with E-state index in [4.69, 9.17) is 0 Å². The highest BCUT2D eigenvalue weighted by Gasteiger charge is 2.44. The van der Waals surface area contributed by atoms with E-state index >= 15 is 0 Å². The highest BCUT2D eigenvalue weighted by atomic mass is 16.4. The Labute approximate surface area is 193 Å². The van der Waals surface area contributed by atoms with Crippen LogP contribution in [-0.4, -0.2) is 54.0 Å². The van der Waals surface area contributed by atoms with E-state index in [1.807, 2.05) is 41.3 Å². The zero-order valence-electron chi connectivity index (χ0n) is 18.7. The van der Waals surface area contributed by atoms with Gasteiger partial charge < -0.3 is 20.6 Å². The smallest absolute Gasteiger partial charge is 0.303 e. The van der Waals surface area contributed by atoms with E-state index in [1.165, 1.54) is 5.56 Å². The summed E-state index contributed by atoms with van der Waals surface area (Å²) in [4.78, 5) is 31.1. The van der Waals surface area contributed by atoms with Gasteiger partial charge in [0.2, 0.25) is 5.91 Å². The number of carboxylic acids is 1. The number of nitrogens with zero attached hydrogens (tertiary/aromatic N) is 2. The van der Waals surface area contributed by atoms with Gasteiger partial charge in [-0.1, -0.05) is 36.4 Å². The molecule has 7 heteroatoms.